The van der Waals surface area contributed by atoms with Crippen molar-refractivity contribution in [1.82, 2.24) is 5.32 Å². The highest BCUT2D eigenvalue weighted by Gasteiger charge is 2.33. The van der Waals surface area contributed by atoms with Gasteiger partial charge in [0.05, 0.1) is 0 Å². The van der Waals surface area contributed by atoms with Crippen molar-refractivity contribution in [1.29, 1.82) is 0 Å². The van der Waals surface area contributed by atoms with Crippen LogP contribution in [-0.2, 0) is 4.79 Å². The van der Waals surface area contributed by atoms with Crippen LogP contribution in [0.2, 0.25) is 0 Å². The molecule has 0 radical (unpaired) electrons. The molecule has 0 amide bonds. The Morgan fingerprint density at radius 3 is 2.50 bits per heavy atom. The Kier molecular flexibility index (Phi) is 5.26. The fraction of sp³-hybridized carbons (Fsp3) is 0.923. The molecule has 0 bridgehead atoms. The minimum absolute atomic E-state index is 0.335. The summed E-state index contributed by atoms with van der Waals surface area (Å²) in [5.74, 6) is 0.830. The van der Waals surface area contributed by atoms with E-state index in [4.69, 9.17) is 5.11 Å². The third kappa shape index (κ3) is 3.78. The Labute approximate surface area is 98.6 Å². The number of hydrogen-bond acceptors (Lipinski definition) is 2. The predicted molar refractivity (Wildman–Crippen MR) is 65.4 cm³/mol. The van der Waals surface area contributed by atoms with E-state index >= 15 is 0 Å². The van der Waals surface area contributed by atoms with Crippen LogP contribution in [0.3, 0.4) is 0 Å². The van der Waals surface area contributed by atoms with Crippen molar-refractivity contribution in [2.45, 2.75) is 65.0 Å². The van der Waals surface area contributed by atoms with Gasteiger partial charge in [0, 0.05) is 6.04 Å². The Bertz CT molecular complexity index is 222. The molecule has 0 aliphatic heterocycles. The second-order valence-electron chi connectivity index (χ2n) is 5.37. The molecule has 0 unspecified atom stereocenters. The summed E-state index contributed by atoms with van der Waals surface area (Å²) in [6, 6.07) is 0.100. The van der Waals surface area contributed by atoms with Gasteiger partial charge in [0.25, 0.3) is 0 Å². The zero-order chi connectivity index (χ0) is 12.1. The molecule has 1 rings (SSSR count). The molecule has 1 saturated carbocycles. The van der Waals surface area contributed by atoms with E-state index < -0.39 is 5.97 Å². The van der Waals surface area contributed by atoms with Crippen LogP contribution in [-0.4, -0.2) is 23.2 Å². The zero-order valence-corrected chi connectivity index (χ0v) is 10.7. The number of hydrogen-bond donors (Lipinski definition) is 2. The first-order valence-electron chi connectivity index (χ1n) is 6.53. The summed E-state index contributed by atoms with van der Waals surface area (Å²) in [5.41, 5.74) is 0. The van der Waals surface area contributed by atoms with E-state index in [1.807, 2.05) is 0 Å². The lowest BCUT2D eigenvalue weighted by Crippen LogP contribution is -2.50. The van der Waals surface area contributed by atoms with Crippen LogP contribution in [0.4, 0.5) is 0 Å². The molecule has 1 atom stereocenters. The second-order valence-corrected chi connectivity index (χ2v) is 5.37. The van der Waals surface area contributed by atoms with Crippen LogP contribution in [0.5, 0.6) is 0 Å². The molecule has 0 spiro atoms. The van der Waals surface area contributed by atoms with Gasteiger partial charge in [-0.3, -0.25) is 4.79 Å². The average Bonchev–Trinajstić information content (AvgIpc) is 2.13. The van der Waals surface area contributed by atoms with Gasteiger partial charge in [-0.15, -0.1) is 0 Å². The summed E-state index contributed by atoms with van der Waals surface area (Å²) >= 11 is 0. The number of nitrogens with one attached hydrogen (secondary N) is 1. The van der Waals surface area contributed by atoms with E-state index in [0.29, 0.717) is 6.04 Å². The van der Waals surface area contributed by atoms with E-state index in [2.05, 4.69) is 26.1 Å². The van der Waals surface area contributed by atoms with Crippen molar-refractivity contribution in [3.63, 3.8) is 0 Å². The molecule has 1 fully saturated rings. The zero-order valence-electron chi connectivity index (χ0n) is 10.7. The van der Waals surface area contributed by atoms with Crippen LogP contribution in [0.15, 0.2) is 0 Å². The van der Waals surface area contributed by atoms with E-state index in [0.717, 1.165) is 43.9 Å². The SMILES string of the molecule is CCCC[C@H](NC1CC(C(C)C)C1)C(=O)O. The molecule has 94 valence electrons. The van der Waals surface area contributed by atoms with Gasteiger partial charge in [0.15, 0.2) is 0 Å². The van der Waals surface area contributed by atoms with E-state index in [1.165, 1.54) is 0 Å². The first kappa shape index (κ1) is 13.5. The second kappa shape index (κ2) is 6.24. The first-order valence-corrected chi connectivity index (χ1v) is 6.53. The molecule has 0 aromatic heterocycles. The highest BCUT2D eigenvalue weighted by atomic mass is 16.4. The Hall–Kier alpha value is -0.570. The number of unbranched alkanes of at least 4 members (excludes halogenated alkanes) is 1. The Balaban J connectivity index is 2.26. The molecule has 3 nitrogen and oxygen atoms in total. The minimum atomic E-state index is -0.693. The topological polar surface area (TPSA) is 49.3 Å². The van der Waals surface area contributed by atoms with Gasteiger partial charge < -0.3 is 10.4 Å². The molecular weight excluding hydrogens is 202 g/mol. The van der Waals surface area contributed by atoms with Crippen LogP contribution < -0.4 is 5.32 Å². The lowest BCUT2D eigenvalue weighted by atomic mass is 9.73. The normalized spacial score (nSPS) is 26.5. The molecule has 16 heavy (non-hydrogen) atoms. The van der Waals surface area contributed by atoms with Gasteiger partial charge in [0.2, 0.25) is 0 Å². The maximum Gasteiger partial charge on any atom is 0.320 e. The van der Waals surface area contributed by atoms with E-state index in [9.17, 15) is 4.79 Å². The molecule has 3 heteroatoms. The van der Waals surface area contributed by atoms with Crippen molar-refractivity contribution >= 4 is 5.97 Å². The fourth-order valence-corrected chi connectivity index (χ4v) is 2.31. The van der Waals surface area contributed by atoms with Gasteiger partial charge in [0.1, 0.15) is 6.04 Å². The average molecular weight is 227 g/mol. The molecule has 0 saturated heterocycles. The van der Waals surface area contributed by atoms with E-state index in [1.54, 1.807) is 0 Å². The lowest BCUT2D eigenvalue weighted by Gasteiger charge is -2.40. The van der Waals surface area contributed by atoms with Crippen molar-refractivity contribution in [2.24, 2.45) is 11.8 Å². The number of carbonyl (C=O) groups is 1. The molecule has 0 aromatic carbocycles. The van der Waals surface area contributed by atoms with Crippen molar-refractivity contribution in [2.75, 3.05) is 0 Å². The summed E-state index contributed by atoms with van der Waals surface area (Å²) in [6.07, 6.45) is 5.10. The molecule has 1 aliphatic rings. The minimum Gasteiger partial charge on any atom is -0.480 e. The Morgan fingerprint density at radius 1 is 1.44 bits per heavy atom. The largest absolute Gasteiger partial charge is 0.480 e. The number of carboxylic acid groups (broad SMARTS) is 1. The predicted octanol–water partition coefficient (Wildman–Crippen LogP) is 2.65. The van der Waals surface area contributed by atoms with Gasteiger partial charge in [-0.1, -0.05) is 33.6 Å². The summed E-state index contributed by atoms with van der Waals surface area (Å²) in [6.45, 7) is 6.58. The number of carboxylic acids is 1. The van der Waals surface area contributed by atoms with Gasteiger partial charge >= 0.3 is 5.97 Å². The van der Waals surface area contributed by atoms with Crippen molar-refractivity contribution in [3.8, 4) is 0 Å². The summed E-state index contributed by atoms with van der Waals surface area (Å²) in [7, 11) is 0. The number of aliphatic carboxylic acids is 1. The van der Waals surface area contributed by atoms with Crippen LogP contribution >= 0.6 is 0 Å². The smallest absolute Gasteiger partial charge is 0.320 e. The highest BCUT2D eigenvalue weighted by Crippen LogP contribution is 2.33. The van der Waals surface area contributed by atoms with Gasteiger partial charge in [-0.25, -0.2) is 0 Å². The maximum absolute atomic E-state index is 11.0. The lowest BCUT2D eigenvalue weighted by molar-refractivity contribution is -0.140. The van der Waals surface area contributed by atoms with E-state index in [-0.39, 0.29) is 6.04 Å². The van der Waals surface area contributed by atoms with Crippen molar-refractivity contribution in [3.05, 3.63) is 0 Å². The standard InChI is InChI=1S/C13H25NO2/c1-4-5-6-12(13(15)16)14-11-7-10(8-11)9(2)3/h9-12,14H,4-8H2,1-3H3,(H,15,16)/t10?,11?,12-/m0/s1. The van der Waals surface area contributed by atoms with Crippen LogP contribution in [0, 0.1) is 11.8 Å². The van der Waals surface area contributed by atoms with Crippen LogP contribution in [0.25, 0.3) is 0 Å². The molecule has 1 aliphatic carbocycles. The first-order chi connectivity index (χ1) is 7.54. The van der Waals surface area contributed by atoms with Gasteiger partial charge in [-0.05, 0) is 31.1 Å². The molecule has 2 N–H and O–H groups in total. The monoisotopic (exact) mass is 227 g/mol. The Morgan fingerprint density at radius 2 is 2.06 bits per heavy atom. The van der Waals surface area contributed by atoms with Gasteiger partial charge in [-0.2, -0.15) is 0 Å². The van der Waals surface area contributed by atoms with Crippen LogP contribution in [0.1, 0.15) is 52.9 Å². The summed E-state index contributed by atoms with van der Waals surface area (Å²) in [4.78, 5) is 11.0. The molecular formula is C13H25NO2. The fourth-order valence-electron chi connectivity index (χ4n) is 2.31. The number of rotatable bonds is 7. The molecule has 0 aromatic rings. The molecule has 0 heterocycles. The van der Waals surface area contributed by atoms with Crippen molar-refractivity contribution < 1.29 is 9.90 Å². The third-order valence-corrected chi connectivity index (χ3v) is 3.70. The summed E-state index contributed by atoms with van der Waals surface area (Å²) < 4.78 is 0. The highest BCUT2D eigenvalue weighted by molar-refractivity contribution is 5.73. The third-order valence-electron chi connectivity index (χ3n) is 3.70. The summed E-state index contributed by atoms with van der Waals surface area (Å²) in [5, 5.41) is 12.4. The maximum atomic E-state index is 11.0. The quantitative estimate of drug-likeness (QED) is 0.703.